The molecular formula is C38H40Cl2F2N8O6. The number of anilines is 1. The van der Waals surface area contributed by atoms with E-state index in [1.54, 1.807) is 42.4 Å². The van der Waals surface area contributed by atoms with Crippen molar-refractivity contribution >= 4 is 58.5 Å². The van der Waals surface area contributed by atoms with Gasteiger partial charge in [0.2, 0.25) is 6.08 Å². The molecule has 2 aromatic carbocycles. The summed E-state index contributed by atoms with van der Waals surface area (Å²) in [7, 11) is 3.13. The van der Waals surface area contributed by atoms with Gasteiger partial charge in [-0.3, -0.25) is 19.6 Å². The van der Waals surface area contributed by atoms with Gasteiger partial charge >= 0.3 is 6.03 Å². The highest BCUT2D eigenvalue weighted by Gasteiger charge is 2.24. The van der Waals surface area contributed by atoms with Crippen LogP contribution in [0, 0.1) is 11.6 Å². The van der Waals surface area contributed by atoms with Crippen LogP contribution in [0.5, 0.6) is 11.5 Å². The van der Waals surface area contributed by atoms with Crippen molar-refractivity contribution in [1.29, 1.82) is 0 Å². The number of isocyanates is 1. The van der Waals surface area contributed by atoms with Crippen LogP contribution in [0.15, 0.2) is 78.0 Å². The van der Waals surface area contributed by atoms with Gasteiger partial charge in [-0.2, -0.15) is 4.99 Å². The minimum atomic E-state index is -0.534. The Labute approximate surface area is 332 Å². The first kappa shape index (κ1) is 43.1. The molecule has 0 unspecified atom stereocenters. The van der Waals surface area contributed by atoms with E-state index in [9.17, 15) is 28.0 Å². The second kappa shape index (κ2) is 22.0. The summed E-state index contributed by atoms with van der Waals surface area (Å²) in [6.45, 7) is 2.99. The number of halogens is 4. The van der Waals surface area contributed by atoms with Crippen LogP contribution >= 0.6 is 23.2 Å². The number of carbonyl (C=O) groups excluding carboxylic acids is 4. The van der Waals surface area contributed by atoms with Crippen molar-refractivity contribution in [2.45, 2.75) is 37.9 Å². The van der Waals surface area contributed by atoms with Crippen molar-refractivity contribution in [2.75, 3.05) is 45.6 Å². The Bertz CT molecular complexity index is 2010. The molecule has 2 aliphatic rings. The zero-order chi connectivity index (χ0) is 40.5. The summed E-state index contributed by atoms with van der Waals surface area (Å²) < 4.78 is 37.4. The average molecular weight is 814 g/mol. The van der Waals surface area contributed by atoms with E-state index in [0.29, 0.717) is 54.5 Å². The topological polar surface area (TPSA) is 176 Å². The van der Waals surface area contributed by atoms with Gasteiger partial charge in [0.05, 0.1) is 15.7 Å². The van der Waals surface area contributed by atoms with E-state index in [2.05, 4.69) is 36.2 Å². The van der Waals surface area contributed by atoms with E-state index in [4.69, 9.17) is 32.7 Å². The molecule has 2 fully saturated rings. The fourth-order valence-corrected chi connectivity index (χ4v) is 5.69. The highest BCUT2D eigenvalue weighted by Crippen LogP contribution is 2.23. The molecule has 0 spiro atoms. The fourth-order valence-electron chi connectivity index (χ4n) is 5.33. The molecule has 0 radical (unpaired) electrons. The number of rotatable bonds is 8. The lowest BCUT2D eigenvalue weighted by Gasteiger charge is -2.32. The normalized spacial score (nSPS) is 14.0. The summed E-state index contributed by atoms with van der Waals surface area (Å²) in [6.07, 6.45) is 7.91. The Morgan fingerprint density at radius 3 is 1.80 bits per heavy atom. The van der Waals surface area contributed by atoms with Crippen molar-refractivity contribution in [3.05, 3.63) is 106 Å². The number of ether oxygens (including phenoxy) is 2. The van der Waals surface area contributed by atoms with Gasteiger partial charge < -0.3 is 35.6 Å². The number of urea groups is 1. The molecule has 4 heterocycles. The lowest BCUT2D eigenvalue weighted by Crippen LogP contribution is -2.43. The Morgan fingerprint density at radius 1 is 0.786 bits per heavy atom. The van der Waals surface area contributed by atoms with E-state index in [0.717, 1.165) is 32.0 Å². The number of pyridine rings is 2. The van der Waals surface area contributed by atoms with Crippen LogP contribution in [0.3, 0.4) is 0 Å². The third kappa shape index (κ3) is 13.6. The molecule has 4 amide bonds. The summed E-state index contributed by atoms with van der Waals surface area (Å²) in [6, 6.07) is 14.3. The van der Waals surface area contributed by atoms with E-state index < -0.39 is 11.6 Å². The van der Waals surface area contributed by atoms with Crippen LogP contribution in [-0.2, 0) is 4.79 Å². The van der Waals surface area contributed by atoms with Crippen LogP contribution < -0.4 is 30.7 Å². The molecule has 56 heavy (non-hydrogen) atoms. The summed E-state index contributed by atoms with van der Waals surface area (Å²) in [5, 5.41) is 11.0. The maximum atomic E-state index is 13.2. The number of likely N-dealkylation sites (tertiary alicyclic amines) is 1. The Morgan fingerprint density at radius 2 is 1.30 bits per heavy atom. The molecule has 4 aromatic rings. The maximum Gasteiger partial charge on any atom is 0.321 e. The molecule has 0 saturated carbocycles. The number of hydrogen-bond acceptors (Lipinski definition) is 10. The Kier molecular flexibility index (Phi) is 16.9. The second-order valence-corrected chi connectivity index (χ2v) is 13.0. The molecule has 4 N–H and O–H groups in total. The van der Waals surface area contributed by atoms with E-state index in [-0.39, 0.29) is 45.8 Å². The number of aromatic nitrogens is 2. The third-order valence-electron chi connectivity index (χ3n) is 8.25. The number of aliphatic imine (C=N–C) groups is 1. The first-order valence-electron chi connectivity index (χ1n) is 17.4. The smallest absolute Gasteiger partial charge is 0.321 e. The first-order valence-corrected chi connectivity index (χ1v) is 18.2. The lowest BCUT2D eigenvalue weighted by molar-refractivity contribution is 0.0948. The molecule has 0 atom stereocenters. The number of nitrogens with zero attached hydrogens (tertiary/aromatic N) is 4. The van der Waals surface area contributed by atoms with Gasteiger partial charge in [-0.15, -0.1) is 0 Å². The van der Waals surface area contributed by atoms with Gasteiger partial charge in [0, 0.05) is 70.2 Å². The molecule has 2 saturated heterocycles. The molecule has 2 aliphatic heterocycles. The summed E-state index contributed by atoms with van der Waals surface area (Å²) >= 11 is 11.1. The highest BCUT2D eigenvalue weighted by molar-refractivity contribution is 6.31. The van der Waals surface area contributed by atoms with E-state index >= 15 is 0 Å². The lowest BCUT2D eigenvalue weighted by atomic mass is 10.1. The van der Waals surface area contributed by atoms with Crippen molar-refractivity contribution in [3.8, 4) is 11.5 Å². The minimum Gasteiger partial charge on any atom is -0.490 e. The monoisotopic (exact) mass is 812 g/mol. The number of hydrogen-bond donors (Lipinski definition) is 4. The predicted octanol–water partition coefficient (Wildman–Crippen LogP) is 6.33. The van der Waals surface area contributed by atoms with Crippen LogP contribution in [0.2, 0.25) is 10.0 Å². The first-order chi connectivity index (χ1) is 27.0. The van der Waals surface area contributed by atoms with Crippen LogP contribution in [0.1, 0.15) is 46.7 Å². The summed E-state index contributed by atoms with van der Waals surface area (Å²) in [5.41, 5.74) is 1.41. The second-order valence-electron chi connectivity index (χ2n) is 12.1. The number of carbonyl (C=O) groups is 3. The zero-order valence-corrected chi connectivity index (χ0v) is 32.0. The number of nitrogens with one attached hydrogen (secondary N) is 4. The predicted molar refractivity (Wildman–Crippen MR) is 207 cm³/mol. The summed E-state index contributed by atoms with van der Waals surface area (Å²) in [5.74, 6) is -0.258. The van der Waals surface area contributed by atoms with Gasteiger partial charge in [-0.05, 0) is 74.5 Å². The molecule has 14 nitrogen and oxygen atoms in total. The molecule has 18 heteroatoms. The van der Waals surface area contributed by atoms with Gasteiger partial charge in [-0.25, -0.2) is 18.4 Å². The average Bonchev–Trinajstić information content (AvgIpc) is 3.21. The zero-order valence-electron chi connectivity index (χ0n) is 30.5. The number of amides is 4. The molecule has 0 bridgehead atoms. The van der Waals surface area contributed by atoms with Gasteiger partial charge in [0.15, 0.2) is 0 Å². The largest absolute Gasteiger partial charge is 0.490 e. The molecule has 6 rings (SSSR count). The highest BCUT2D eigenvalue weighted by atomic mass is 35.5. The Hall–Kier alpha value is -5.67. The standard InChI is InChI=1S/C19H20ClFN4O3.C12H17N3O2.C7H3ClFNO/c1-22-18(26)17-11-14(4-7-23-17)28-13-5-8-25(9-6-13)19(27)24-12-2-3-16(21)15(20)10-12;1-13-12(16)11-8-10(4-7-15-11)17-9-2-5-14-6-3-9;8-6-3-5(10-4-11)1-2-7(6)9/h2-4,7,10-11,13H,5-6,8-9H2,1H3,(H,22,26)(H,24,27);4,7-9,14H,2-3,5-6H2,1H3,(H,13,16);1-3H. The SMILES string of the molecule is CNC(=O)c1cc(OC2CCN(C(=O)Nc3ccc(F)c(Cl)c3)CC2)ccn1.CNC(=O)c1cc(OC2CCNCC2)ccn1.O=C=Nc1ccc(F)c(Cl)c1. The molecular weight excluding hydrogens is 773 g/mol. The van der Waals surface area contributed by atoms with E-state index in [1.165, 1.54) is 49.7 Å². The quantitative estimate of drug-likeness (QED) is 0.117. The van der Waals surface area contributed by atoms with Gasteiger partial charge in [0.1, 0.15) is 46.7 Å². The molecule has 296 valence electrons. The minimum absolute atomic E-state index is 0.0432. The molecule has 2 aromatic heterocycles. The van der Waals surface area contributed by atoms with Crippen molar-refractivity contribution in [2.24, 2.45) is 4.99 Å². The fraction of sp³-hybridized carbons (Fsp3) is 0.316. The molecule has 0 aliphatic carbocycles. The van der Waals surface area contributed by atoms with Crippen LogP contribution in [0.25, 0.3) is 0 Å². The Balaban J connectivity index is 0.000000210. The van der Waals surface area contributed by atoms with Crippen LogP contribution in [-0.4, -0.2) is 91.3 Å². The van der Waals surface area contributed by atoms with E-state index in [1.807, 2.05) is 0 Å². The summed E-state index contributed by atoms with van der Waals surface area (Å²) in [4.78, 5) is 58.1. The number of benzene rings is 2. The van der Waals surface area contributed by atoms with Crippen molar-refractivity contribution < 1.29 is 37.4 Å². The van der Waals surface area contributed by atoms with Crippen molar-refractivity contribution in [3.63, 3.8) is 0 Å². The number of piperidine rings is 2. The van der Waals surface area contributed by atoms with Crippen molar-refractivity contribution in [1.82, 2.24) is 30.8 Å². The third-order valence-corrected chi connectivity index (χ3v) is 8.83. The maximum absolute atomic E-state index is 13.2. The van der Waals surface area contributed by atoms with Gasteiger partial charge in [0.25, 0.3) is 11.8 Å². The van der Waals surface area contributed by atoms with Gasteiger partial charge in [-0.1, -0.05) is 23.2 Å². The van der Waals surface area contributed by atoms with Crippen LogP contribution in [0.4, 0.5) is 25.0 Å².